The molecule has 0 atom stereocenters. The predicted molar refractivity (Wildman–Crippen MR) is 85.3 cm³/mol. The molecule has 2 rings (SSSR count). The monoisotopic (exact) mass is 332 g/mol. The second kappa shape index (κ2) is 6.49. The molecule has 0 fully saturated rings. The van der Waals surface area contributed by atoms with Gasteiger partial charge in [0.25, 0.3) is 17.4 Å². The number of hydrogen-bond donors (Lipinski definition) is 1. The van der Waals surface area contributed by atoms with E-state index in [-0.39, 0.29) is 22.7 Å². The van der Waals surface area contributed by atoms with Crippen LogP contribution >= 0.6 is 0 Å². The lowest BCUT2D eigenvalue weighted by molar-refractivity contribution is -0.384. The fourth-order valence-electron chi connectivity index (χ4n) is 2.30. The third-order valence-electron chi connectivity index (χ3n) is 3.58. The Hall–Kier alpha value is -3.23. The Kier molecular flexibility index (Phi) is 4.63. The molecule has 9 heteroatoms. The maximum absolute atomic E-state index is 12.4. The van der Waals surface area contributed by atoms with E-state index in [1.165, 1.54) is 23.9 Å². The first kappa shape index (κ1) is 17.1. The van der Waals surface area contributed by atoms with Gasteiger partial charge in [-0.25, -0.2) is 0 Å². The molecule has 0 saturated carbocycles. The maximum Gasteiger partial charge on any atom is 0.297 e. The van der Waals surface area contributed by atoms with Gasteiger partial charge in [-0.2, -0.15) is 5.10 Å². The number of amides is 1. The molecule has 0 unspecified atom stereocenters. The van der Waals surface area contributed by atoms with Gasteiger partial charge in [0.2, 0.25) is 0 Å². The van der Waals surface area contributed by atoms with Crippen LogP contribution in [0.3, 0.4) is 0 Å². The molecule has 0 bridgehead atoms. The number of carbonyl (C=O) groups is 2. The number of carbonyl (C=O) groups excluding carboxylic acids is 2. The van der Waals surface area contributed by atoms with E-state index in [9.17, 15) is 19.7 Å². The highest BCUT2D eigenvalue weighted by Gasteiger charge is 2.25. The number of non-ortho nitro benzene ring substituents is 1. The summed E-state index contributed by atoms with van der Waals surface area (Å²) >= 11 is 0. The number of nitrogens with zero attached hydrogens (tertiary/aromatic N) is 3. The zero-order chi connectivity index (χ0) is 18.0. The van der Waals surface area contributed by atoms with Gasteiger partial charge in [-0.15, -0.1) is 0 Å². The van der Waals surface area contributed by atoms with Gasteiger partial charge in [0, 0.05) is 24.9 Å². The number of ether oxygens (including phenoxy) is 1. The van der Waals surface area contributed by atoms with Crippen LogP contribution in [-0.2, 0) is 11.8 Å². The summed E-state index contributed by atoms with van der Waals surface area (Å²) in [6.07, 6.45) is 0. The number of aryl methyl sites for hydroxylation is 2. The van der Waals surface area contributed by atoms with Gasteiger partial charge in [0.05, 0.1) is 29.0 Å². The first-order valence-electron chi connectivity index (χ1n) is 6.94. The quantitative estimate of drug-likeness (QED) is 0.386. The zero-order valence-corrected chi connectivity index (χ0v) is 13.6. The molecule has 24 heavy (non-hydrogen) atoms. The largest absolute Gasteiger partial charge is 0.495 e. The highest BCUT2D eigenvalue weighted by atomic mass is 16.6. The van der Waals surface area contributed by atoms with Crippen molar-refractivity contribution in [2.24, 2.45) is 7.05 Å². The highest BCUT2D eigenvalue weighted by Crippen LogP contribution is 2.29. The van der Waals surface area contributed by atoms with E-state index >= 15 is 0 Å². The van der Waals surface area contributed by atoms with Crippen molar-refractivity contribution in [3.63, 3.8) is 0 Å². The Morgan fingerprint density at radius 1 is 1.33 bits per heavy atom. The number of methoxy groups -OCH3 is 1. The number of nitro benzene ring substituents is 1. The van der Waals surface area contributed by atoms with Crippen LogP contribution in [0.15, 0.2) is 18.2 Å². The minimum atomic E-state index is -0.923. The zero-order valence-electron chi connectivity index (χ0n) is 13.6. The minimum Gasteiger partial charge on any atom is -0.495 e. The molecule has 2 aromatic rings. The summed E-state index contributed by atoms with van der Waals surface area (Å²) < 4.78 is 6.56. The average molecular weight is 332 g/mol. The van der Waals surface area contributed by atoms with Gasteiger partial charge < -0.3 is 10.1 Å². The lowest BCUT2D eigenvalue weighted by Gasteiger charge is -2.09. The number of hydrogen-bond acceptors (Lipinski definition) is 6. The Labute approximate surface area is 137 Å². The second-order valence-electron chi connectivity index (χ2n) is 5.09. The van der Waals surface area contributed by atoms with Crippen LogP contribution in [0.25, 0.3) is 0 Å². The molecule has 1 aromatic carbocycles. The topological polar surface area (TPSA) is 116 Å². The number of nitro groups is 1. The van der Waals surface area contributed by atoms with Crippen molar-refractivity contribution in [2.45, 2.75) is 13.8 Å². The molecule has 0 saturated heterocycles. The molecule has 0 spiro atoms. The molecule has 0 aliphatic rings. The molecule has 1 heterocycles. The molecular formula is C15H16N4O5. The Morgan fingerprint density at radius 3 is 2.50 bits per heavy atom. The van der Waals surface area contributed by atoms with Crippen LogP contribution in [0.2, 0.25) is 0 Å². The van der Waals surface area contributed by atoms with Crippen LogP contribution in [0, 0.1) is 24.0 Å². The summed E-state index contributed by atoms with van der Waals surface area (Å²) in [5.74, 6) is -1.49. The summed E-state index contributed by atoms with van der Waals surface area (Å²) in [5.41, 5.74) is 1.01. The van der Waals surface area contributed by atoms with Crippen molar-refractivity contribution >= 4 is 23.1 Å². The summed E-state index contributed by atoms with van der Waals surface area (Å²) in [6.45, 7) is 3.30. The van der Waals surface area contributed by atoms with Crippen molar-refractivity contribution in [3.8, 4) is 5.75 Å². The summed E-state index contributed by atoms with van der Waals surface area (Å²) in [5, 5.41) is 17.3. The summed E-state index contributed by atoms with van der Waals surface area (Å²) in [6, 6.07) is 3.72. The van der Waals surface area contributed by atoms with Crippen LogP contribution in [0.4, 0.5) is 11.4 Å². The number of benzene rings is 1. The molecule has 1 aromatic heterocycles. The van der Waals surface area contributed by atoms with E-state index in [2.05, 4.69) is 10.4 Å². The van der Waals surface area contributed by atoms with Crippen LogP contribution in [-0.4, -0.2) is 33.5 Å². The van der Waals surface area contributed by atoms with Gasteiger partial charge in [-0.3, -0.25) is 24.4 Å². The first-order valence-corrected chi connectivity index (χ1v) is 6.94. The third kappa shape index (κ3) is 3.09. The smallest absolute Gasteiger partial charge is 0.297 e. The molecule has 1 amide bonds. The fourth-order valence-corrected chi connectivity index (χ4v) is 2.30. The van der Waals surface area contributed by atoms with Crippen molar-refractivity contribution in [1.82, 2.24) is 9.78 Å². The summed E-state index contributed by atoms with van der Waals surface area (Å²) in [4.78, 5) is 34.9. The standard InChI is InChI=1S/C15H16N4O5/c1-8-13(9(2)18(3)17-8)14(20)15(21)16-11-7-10(19(22)23)5-6-12(11)24-4/h5-7H,1-4H3,(H,16,21). The van der Waals surface area contributed by atoms with E-state index in [1.807, 2.05) is 0 Å². The average Bonchev–Trinajstić information content (AvgIpc) is 2.79. The van der Waals surface area contributed by atoms with Crippen molar-refractivity contribution in [2.75, 3.05) is 12.4 Å². The van der Waals surface area contributed by atoms with E-state index in [0.29, 0.717) is 11.4 Å². The minimum absolute atomic E-state index is 0.0456. The number of anilines is 1. The van der Waals surface area contributed by atoms with Gasteiger partial charge in [-0.05, 0) is 19.9 Å². The van der Waals surface area contributed by atoms with Gasteiger partial charge in [0.1, 0.15) is 5.75 Å². The maximum atomic E-state index is 12.4. The van der Waals surface area contributed by atoms with E-state index < -0.39 is 16.6 Å². The van der Waals surface area contributed by atoms with E-state index in [1.54, 1.807) is 20.9 Å². The van der Waals surface area contributed by atoms with Crippen molar-refractivity contribution < 1.29 is 19.2 Å². The number of Topliss-reactive ketones (excluding diaryl/α,β-unsaturated/α-hetero) is 1. The molecule has 0 aliphatic heterocycles. The predicted octanol–water partition coefficient (Wildman–Crippen LogP) is 1.78. The lowest BCUT2D eigenvalue weighted by Crippen LogP contribution is -2.24. The van der Waals surface area contributed by atoms with Gasteiger partial charge >= 0.3 is 0 Å². The van der Waals surface area contributed by atoms with Crippen LogP contribution < -0.4 is 10.1 Å². The van der Waals surface area contributed by atoms with Gasteiger partial charge in [0.15, 0.2) is 0 Å². The first-order chi connectivity index (χ1) is 11.3. The molecule has 0 radical (unpaired) electrons. The Balaban J connectivity index is 2.33. The number of aromatic nitrogens is 2. The number of ketones is 1. The second-order valence-corrected chi connectivity index (χ2v) is 5.09. The summed E-state index contributed by atoms with van der Waals surface area (Å²) in [7, 11) is 3.02. The SMILES string of the molecule is COc1ccc([N+](=O)[O-])cc1NC(=O)C(=O)c1c(C)nn(C)c1C. The molecule has 9 nitrogen and oxygen atoms in total. The van der Waals surface area contributed by atoms with Crippen LogP contribution in [0.1, 0.15) is 21.7 Å². The van der Waals surface area contributed by atoms with Crippen LogP contribution in [0.5, 0.6) is 5.75 Å². The fraction of sp³-hybridized carbons (Fsp3) is 0.267. The molecule has 1 N–H and O–H groups in total. The Morgan fingerprint density at radius 2 is 2.00 bits per heavy atom. The number of nitrogens with one attached hydrogen (secondary N) is 1. The number of rotatable bonds is 5. The lowest BCUT2D eigenvalue weighted by atomic mass is 10.1. The van der Waals surface area contributed by atoms with Gasteiger partial charge in [-0.1, -0.05) is 0 Å². The van der Waals surface area contributed by atoms with E-state index in [0.717, 1.165) is 6.07 Å². The third-order valence-corrected chi connectivity index (χ3v) is 3.58. The normalized spacial score (nSPS) is 10.3. The Bertz CT molecular complexity index is 841. The van der Waals surface area contributed by atoms with Crippen molar-refractivity contribution in [3.05, 3.63) is 45.3 Å². The van der Waals surface area contributed by atoms with E-state index in [4.69, 9.17) is 4.74 Å². The molecule has 0 aliphatic carbocycles. The molecular weight excluding hydrogens is 316 g/mol. The highest BCUT2D eigenvalue weighted by molar-refractivity contribution is 6.47. The molecule has 126 valence electrons. The van der Waals surface area contributed by atoms with Crippen molar-refractivity contribution in [1.29, 1.82) is 0 Å².